The molecule has 0 atom stereocenters. The minimum absolute atomic E-state index is 0.0202. The van der Waals surface area contributed by atoms with Crippen molar-refractivity contribution in [2.75, 3.05) is 17.7 Å². The minimum atomic E-state index is -4.57. The Balaban J connectivity index is 1.76. The van der Waals surface area contributed by atoms with E-state index in [-0.39, 0.29) is 22.1 Å². The van der Waals surface area contributed by atoms with Crippen LogP contribution in [-0.2, 0) is 23.4 Å². The molecule has 1 aliphatic heterocycles. The molecule has 3 rings (SSSR count). The number of alkyl halides is 3. The van der Waals surface area contributed by atoms with Crippen molar-refractivity contribution in [1.29, 1.82) is 0 Å². The van der Waals surface area contributed by atoms with Crippen molar-refractivity contribution in [1.82, 2.24) is 14.8 Å². The number of halogens is 3. The predicted molar refractivity (Wildman–Crippen MR) is 97.7 cm³/mol. The average Bonchev–Trinajstić information content (AvgIpc) is 3.05. The molecular formula is C18H19F3N4OS. The highest BCUT2D eigenvalue weighted by Crippen LogP contribution is 2.46. The molecule has 2 aromatic rings. The largest absolute Gasteiger partial charge is 0.451 e. The van der Waals surface area contributed by atoms with E-state index in [9.17, 15) is 18.0 Å². The van der Waals surface area contributed by atoms with E-state index in [0.29, 0.717) is 0 Å². The summed E-state index contributed by atoms with van der Waals surface area (Å²) < 4.78 is 39.2. The van der Waals surface area contributed by atoms with E-state index in [4.69, 9.17) is 0 Å². The molecule has 0 saturated heterocycles. The molecule has 0 amide bonds. The lowest BCUT2D eigenvalue weighted by Gasteiger charge is -2.23. The number of nitrogens with zero attached hydrogens (tertiary/aromatic N) is 4. The fourth-order valence-electron chi connectivity index (χ4n) is 3.28. The molecule has 1 aromatic heterocycles. The van der Waals surface area contributed by atoms with Crippen LogP contribution in [0.4, 0.5) is 18.9 Å². The van der Waals surface area contributed by atoms with E-state index < -0.39 is 12.0 Å². The first-order valence-corrected chi connectivity index (χ1v) is 9.19. The van der Waals surface area contributed by atoms with Crippen LogP contribution in [0.3, 0.4) is 0 Å². The Morgan fingerprint density at radius 1 is 1.22 bits per heavy atom. The monoisotopic (exact) mass is 396 g/mol. The Kier molecular flexibility index (Phi) is 4.83. The first-order chi connectivity index (χ1) is 12.5. The Morgan fingerprint density at radius 2 is 1.89 bits per heavy atom. The third kappa shape index (κ3) is 3.47. The van der Waals surface area contributed by atoms with E-state index >= 15 is 0 Å². The number of carbonyl (C=O) groups excluding carboxylic acids is 1. The summed E-state index contributed by atoms with van der Waals surface area (Å²) in [6.45, 7) is 4.08. The summed E-state index contributed by atoms with van der Waals surface area (Å²) in [7, 11) is 3.14. The number of thioether (sulfide) groups is 1. The maximum absolute atomic E-state index is 12.8. The molecule has 5 nitrogen and oxygen atoms in total. The van der Waals surface area contributed by atoms with Gasteiger partial charge in [-0.1, -0.05) is 43.8 Å². The molecular weight excluding hydrogens is 377 g/mol. The van der Waals surface area contributed by atoms with Crippen molar-refractivity contribution in [2.45, 2.75) is 30.6 Å². The molecule has 1 aromatic carbocycles. The van der Waals surface area contributed by atoms with Gasteiger partial charge in [-0.3, -0.25) is 4.79 Å². The van der Waals surface area contributed by atoms with Gasteiger partial charge in [0.25, 0.3) is 0 Å². The Morgan fingerprint density at radius 3 is 2.48 bits per heavy atom. The van der Waals surface area contributed by atoms with Crippen molar-refractivity contribution >= 4 is 23.2 Å². The standard InChI is InChI=1S/C18H19F3N4OS/c1-17(2)12-7-5-6-8-13(12)24(3)14(17)9-11(26)10-27-16-23-22-15(25(16)4)18(19,20)21/h5-9H,10H2,1-4H3/b14-9-. The van der Waals surface area contributed by atoms with Gasteiger partial charge in [-0.15, -0.1) is 10.2 Å². The number of anilines is 1. The van der Waals surface area contributed by atoms with E-state index in [0.717, 1.165) is 33.3 Å². The number of ketones is 1. The highest BCUT2D eigenvalue weighted by atomic mass is 32.2. The van der Waals surface area contributed by atoms with Crippen LogP contribution >= 0.6 is 11.8 Å². The van der Waals surface area contributed by atoms with Gasteiger partial charge in [-0.25, -0.2) is 0 Å². The third-order valence-corrected chi connectivity index (χ3v) is 5.71. The summed E-state index contributed by atoms with van der Waals surface area (Å²) in [4.78, 5) is 14.4. The number of fused-ring (bicyclic) bond motifs is 1. The Hall–Kier alpha value is -2.29. The van der Waals surface area contributed by atoms with Crippen LogP contribution in [0, 0.1) is 0 Å². The second-order valence-corrected chi connectivity index (χ2v) is 7.79. The Bertz CT molecular complexity index is 918. The molecule has 27 heavy (non-hydrogen) atoms. The lowest BCUT2D eigenvalue weighted by Crippen LogP contribution is -2.24. The second kappa shape index (κ2) is 6.70. The van der Waals surface area contributed by atoms with Gasteiger partial charge in [-0.05, 0) is 11.6 Å². The number of carbonyl (C=O) groups is 1. The smallest absolute Gasteiger partial charge is 0.347 e. The summed E-state index contributed by atoms with van der Waals surface area (Å²) >= 11 is 0.937. The predicted octanol–water partition coefficient (Wildman–Crippen LogP) is 3.81. The topological polar surface area (TPSA) is 51.0 Å². The van der Waals surface area contributed by atoms with Gasteiger partial charge in [0.05, 0.1) is 5.75 Å². The van der Waals surface area contributed by atoms with Crippen LogP contribution in [0.2, 0.25) is 0 Å². The van der Waals surface area contributed by atoms with Crippen LogP contribution < -0.4 is 4.90 Å². The number of allylic oxidation sites excluding steroid dienone is 2. The molecule has 0 fully saturated rings. The number of hydrogen-bond donors (Lipinski definition) is 0. The number of benzene rings is 1. The van der Waals surface area contributed by atoms with Gasteiger partial charge in [-0.2, -0.15) is 13.2 Å². The van der Waals surface area contributed by atoms with Gasteiger partial charge in [0.2, 0.25) is 5.82 Å². The Labute approximate surface area is 159 Å². The molecule has 0 aliphatic carbocycles. The second-order valence-electron chi connectivity index (χ2n) is 6.85. The SMILES string of the molecule is CN1/C(=C\C(=O)CSc2nnc(C(F)(F)F)n2C)C(C)(C)c2ccccc21. The van der Waals surface area contributed by atoms with Crippen molar-refractivity contribution in [3.63, 3.8) is 0 Å². The van der Waals surface area contributed by atoms with Crippen LogP contribution in [0.5, 0.6) is 0 Å². The highest BCUT2D eigenvalue weighted by molar-refractivity contribution is 7.99. The molecule has 0 unspecified atom stereocenters. The lowest BCUT2D eigenvalue weighted by molar-refractivity contribution is -0.147. The average molecular weight is 396 g/mol. The van der Waals surface area contributed by atoms with Crippen LogP contribution in [0.15, 0.2) is 41.2 Å². The first-order valence-electron chi connectivity index (χ1n) is 8.21. The van der Waals surface area contributed by atoms with E-state index in [1.807, 2.05) is 50.1 Å². The fourth-order valence-corrected chi connectivity index (χ4v) is 4.01. The van der Waals surface area contributed by atoms with Crippen LogP contribution in [0.1, 0.15) is 25.2 Å². The summed E-state index contributed by atoms with van der Waals surface area (Å²) in [5, 5.41) is 6.75. The summed E-state index contributed by atoms with van der Waals surface area (Å²) in [6, 6.07) is 7.93. The molecule has 0 bridgehead atoms. The third-order valence-electron chi connectivity index (χ3n) is 4.67. The molecule has 1 aliphatic rings. The van der Waals surface area contributed by atoms with E-state index in [1.54, 1.807) is 6.08 Å². The molecule has 0 saturated carbocycles. The zero-order chi connectivity index (χ0) is 20.0. The molecule has 0 radical (unpaired) electrons. The van der Waals surface area contributed by atoms with Gasteiger partial charge < -0.3 is 9.47 Å². The summed E-state index contributed by atoms with van der Waals surface area (Å²) in [5.41, 5.74) is 2.68. The molecule has 2 heterocycles. The van der Waals surface area contributed by atoms with Crippen molar-refractivity contribution in [3.05, 3.63) is 47.4 Å². The van der Waals surface area contributed by atoms with Crippen molar-refractivity contribution in [2.24, 2.45) is 7.05 Å². The number of hydrogen-bond acceptors (Lipinski definition) is 5. The fraction of sp³-hybridized carbons (Fsp3) is 0.389. The number of likely N-dealkylation sites (N-methyl/N-ethyl adjacent to an activating group) is 1. The summed E-state index contributed by atoms with van der Waals surface area (Å²) in [5.74, 6) is -1.30. The molecule has 0 N–H and O–H groups in total. The summed E-state index contributed by atoms with van der Waals surface area (Å²) in [6.07, 6.45) is -3.01. The van der Waals surface area contributed by atoms with Crippen molar-refractivity contribution < 1.29 is 18.0 Å². The van der Waals surface area contributed by atoms with E-state index in [2.05, 4.69) is 10.2 Å². The molecule has 9 heteroatoms. The maximum Gasteiger partial charge on any atom is 0.451 e. The van der Waals surface area contributed by atoms with Gasteiger partial charge in [0.15, 0.2) is 10.9 Å². The van der Waals surface area contributed by atoms with Gasteiger partial charge >= 0.3 is 6.18 Å². The number of para-hydroxylation sites is 1. The lowest BCUT2D eigenvalue weighted by atomic mass is 9.83. The maximum atomic E-state index is 12.8. The number of aromatic nitrogens is 3. The van der Waals surface area contributed by atoms with E-state index in [1.165, 1.54) is 7.05 Å². The normalized spacial score (nSPS) is 17.4. The quantitative estimate of drug-likeness (QED) is 0.581. The van der Waals surface area contributed by atoms with Crippen LogP contribution in [0.25, 0.3) is 0 Å². The van der Waals surface area contributed by atoms with Crippen LogP contribution in [-0.4, -0.2) is 33.3 Å². The van der Waals surface area contributed by atoms with Crippen molar-refractivity contribution in [3.8, 4) is 0 Å². The zero-order valence-corrected chi connectivity index (χ0v) is 16.1. The zero-order valence-electron chi connectivity index (χ0n) is 15.3. The molecule has 0 spiro atoms. The van der Waals surface area contributed by atoms with Gasteiger partial charge in [0.1, 0.15) is 0 Å². The minimum Gasteiger partial charge on any atom is -0.347 e. The van der Waals surface area contributed by atoms with Gasteiger partial charge in [0, 0.05) is 37.0 Å². The highest BCUT2D eigenvalue weighted by Gasteiger charge is 2.39. The molecule has 144 valence electrons. The number of rotatable bonds is 4. The first kappa shape index (κ1) is 19.5.